The number of nitrogens with one attached hydrogen (secondary N) is 2. The molecule has 0 fully saturated rings. The van der Waals surface area contributed by atoms with Crippen LogP contribution in [-0.2, 0) is 11.3 Å². The fraction of sp³-hybridized carbons (Fsp3) is 0.133. The standard InChI is InChI=1S/C15H14BrFN2O/c16-12-3-1-2-11(8-12)9-18-10-15(20)19-14-6-4-13(17)5-7-14/h1-8,18H,9-10H2,(H,19,20). The van der Waals surface area contributed by atoms with Crippen LogP contribution in [0.25, 0.3) is 0 Å². The van der Waals surface area contributed by atoms with Crippen LogP contribution in [0.15, 0.2) is 53.0 Å². The summed E-state index contributed by atoms with van der Waals surface area (Å²) in [5, 5.41) is 5.74. The predicted octanol–water partition coefficient (Wildman–Crippen LogP) is 3.32. The first-order valence-electron chi connectivity index (χ1n) is 6.14. The third kappa shape index (κ3) is 4.75. The zero-order valence-electron chi connectivity index (χ0n) is 10.7. The Morgan fingerprint density at radius 2 is 1.90 bits per heavy atom. The van der Waals surface area contributed by atoms with Gasteiger partial charge in [0.1, 0.15) is 5.82 Å². The van der Waals surface area contributed by atoms with Gasteiger partial charge in [-0.05, 0) is 42.0 Å². The van der Waals surface area contributed by atoms with Crippen molar-refractivity contribution in [2.24, 2.45) is 0 Å². The van der Waals surface area contributed by atoms with E-state index < -0.39 is 0 Å². The lowest BCUT2D eigenvalue weighted by Crippen LogP contribution is -2.27. The molecule has 0 saturated carbocycles. The molecule has 0 unspecified atom stereocenters. The molecule has 1 amide bonds. The first kappa shape index (κ1) is 14.7. The van der Waals surface area contributed by atoms with E-state index in [9.17, 15) is 9.18 Å². The quantitative estimate of drug-likeness (QED) is 0.879. The van der Waals surface area contributed by atoms with Crippen LogP contribution in [0.5, 0.6) is 0 Å². The topological polar surface area (TPSA) is 41.1 Å². The molecule has 3 nitrogen and oxygen atoms in total. The van der Waals surface area contributed by atoms with E-state index in [0.29, 0.717) is 12.2 Å². The Morgan fingerprint density at radius 3 is 2.60 bits per heavy atom. The Balaban J connectivity index is 1.76. The molecular weight excluding hydrogens is 323 g/mol. The summed E-state index contributed by atoms with van der Waals surface area (Å²) in [6.45, 7) is 0.806. The minimum absolute atomic E-state index is 0.161. The summed E-state index contributed by atoms with van der Waals surface area (Å²) < 4.78 is 13.7. The summed E-state index contributed by atoms with van der Waals surface area (Å²) in [4.78, 5) is 11.7. The molecule has 0 aliphatic carbocycles. The van der Waals surface area contributed by atoms with Crippen molar-refractivity contribution in [3.05, 3.63) is 64.4 Å². The Bertz CT molecular complexity index is 587. The Kier molecular flexibility index (Phi) is 5.26. The summed E-state index contributed by atoms with van der Waals surface area (Å²) in [6.07, 6.45) is 0. The minimum atomic E-state index is -0.323. The summed E-state index contributed by atoms with van der Waals surface area (Å²) in [5.74, 6) is -0.484. The summed E-state index contributed by atoms with van der Waals surface area (Å²) in [5.41, 5.74) is 1.68. The van der Waals surface area contributed by atoms with E-state index in [2.05, 4.69) is 26.6 Å². The van der Waals surface area contributed by atoms with Gasteiger partial charge in [-0.3, -0.25) is 4.79 Å². The van der Waals surface area contributed by atoms with Crippen molar-refractivity contribution in [1.29, 1.82) is 0 Å². The molecular formula is C15H14BrFN2O. The van der Waals surface area contributed by atoms with Crippen molar-refractivity contribution in [3.63, 3.8) is 0 Å². The molecule has 0 bridgehead atoms. The number of hydrogen-bond donors (Lipinski definition) is 2. The molecule has 2 aromatic rings. The van der Waals surface area contributed by atoms with Crippen LogP contribution >= 0.6 is 15.9 Å². The fourth-order valence-corrected chi connectivity index (χ4v) is 2.15. The Hall–Kier alpha value is -1.72. The van der Waals surface area contributed by atoms with Crippen LogP contribution in [0, 0.1) is 5.82 Å². The highest BCUT2D eigenvalue weighted by Gasteiger charge is 2.02. The molecule has 0 spiro atoms. The molecule has 0 saturated heterocycles. The molecule has 2 rings (SSSR count). The van der Waals surface area contributed by atoms with Crippen LogP contribution in [0.1, 0.15) is 5.56 Å². The van der Waals surface area contributed by atoms with E-state index in [0.717, 1.165) is 10.0 Å². The smallest absolute Gasteiger partial charge is 0.238 e. The van der Waals surface area contributed by atoms with Gasteiger partial charge in [-0.1, -0.05) is 28.1 Å². The molecule has 2 N–H and O–H groups in total. The molecule has 0 atom stereocenters. The monoisotopic (exact) mass is 336 g/mol. The zero-order chi connectivity index (χ0) is 14.4. The summed E-state index contributed by atoms with van der Waals surface area (Å²) in [6, 6.07) is 13.5. The molecule has 0 heterocycles. The molecule has 20 heavy (non-hydrogen) atoms. The second-order valence-corrected chi connectivity index (χ2v) is 5.20. The van der Waals surface area contributed by atoms with Gasteiger partial charge in [0, 0.05) is 16.7 Å². The molecule has 0 aromatic heterocycles. The second kappa shape index (κ2) is 7.17. The first-order valence-corrected chi connectivity index (χ1v) is 6.93. The van der Waals surface area contributed by atoms with Gasteiger partial charge in [0.25, 0.3) is 0 Å². The van der Waals surface area contributed by atoms with Crippen molar-refractivity contribution in [2.75, 3.05) is 11.9 Å². The van der Waals surface area contributed by atoms with Crippen molar-refractivity contribution in [1.82, 2.24) is 5.32 Å². The highest BCUT2D eigenvalue weighted by Crippen LogP contribution is 2.11. The minimum Gasteiger partial charge on any atom is -0.325 e. The van der Waals surface area contributed by atoms with Crippen molar-refractivity contribution in [2.45, 2.75) is 6.54 Å². The van der Waals surface area contributed by atoms with E-state index in [1.165, 1.54) is 24.3 Å². The van der Waals surface area contributed by atoms with Gasteiger partial charge in [-0.2, -0.15) is 0 Å². The number of carbonyl (C=O) groups excluding carboxylic acids is 1. The maximum absolute atomic E-state index is 12.7. The van der Waals surface area contributed by atoms with Gasteiger partial charge in [0.2, 0.25) is 5.91 Å². The Labute approximate surface area is 125 Å². The molecule has 5 heteroatoms. The summed E-state index contributed by atoms with van der Waals surface area (Å²) in [7, 11) is 0. The van der Waals surface area contributed by atoms with Crippen molar-refractivity contribution < 1.29 is 9.18 Å². The lowest BCUT2D eigenvalue weighted by Gasteiger charge is -2.07. The molecule has 0 aliphatic heterocycles. The largest absolute Gasteiger partial charge is 0.325 e. The van der Waals surface area contributed by atoms with Crippen LogP contribution in [-0.4, -0.2) is 12.5 Å². The normalized spacial score (nSPS) is 10.3. The highest BCUT2D eigenvalue weighted by molar-refractivity contribution is 9.10. The number of benzene rings is 2. The third-order valence-corrected chi connectivity index (χ3v) is 3.12. The van der Waals surface area contributed by atoms with Crippen LogP contribution in [0.2, 0.25) is 0 Å². The van der Waals surface area contributed by atoms with E-state index in [1.807, 2.05) is 24.3 Å². The Morgan fingerprint density at radius 1 is 1.15 bits per heavy atom. The number of hydrogen-bond acceptors (Lipinski definition) is 2. The number of halogens is 2. The molecule has 0 aliphatic rings. The number of anilines is 1. The lowest BCUT2D eigenvalue weighted by molar-refractivity contribution is -0.115. The molecule has 0 radical (unpaired) electrons. The molecule has 2 aromatic carbocycles. The van der Waals surface area contributed by atoms with E-state index in [1.54, 1.807) is 0 Å². The van der Waals surface area contributed by atoms with E-state index in [4.69, 9.17) is 0 Å². The van der Waals surface area contributed by atoms with Gasteiger partial charge in [-0.25, -0.2) is 4.39 Å². The fourth-order valence-electron chi connectivity index (χ4n) is 1.71. The average molecular weight is 337 g/mol. The molecule has 104 valence electrons. The zero-order valence-corrected chi connectivity index (χ0v) is 12.3. The lowest BCUT2D eigenvalue weighted by atomic mass is 10.2. The predicted molar refractivity (Wildman–Crippen MR) is 80.9 cm³/mol. The van der Waals surface area contributed by atoms with Crippen LogP contribution in [0.4, 0.5) is 10.1 Å². The van der Waals surface area contributed by atoms with Crippen molar-refractivity contribution in [3.8, 4) is 0 Å². The van der Waals surface area contributed by atoms with Gasteiger partial charge < -0.3 is 10.6 Å². The van der Waals surface area contributed by atoms with Gasteiger partial charge >= 0.3 is 0 Å². The third-order valence-electron chi connectivity index (χ3n) is 2.63. The van der Waals surface area contributed by atoms with Gasteiger partial charge in [-0.15, -0.1) is 0 Å². The van der Waals surface area contributed by atoms with Gasteiger partial charge in [0.05, 0.1) is 6.54 Å². The maximum atomic E-state index is 12.7. The number of amides is 1. The van der Waals surface area contributed by atoms with Crippen molar-refractivity contribution >= 4 is 27.5 Å². The van der Waals surface area contributed by atoms with Crippen LogP contribution < -0.4 is 10.6 Å². The second-order valence-electron chi connectivity index (χ2n) is 4.29. The maximum Gasteiger partial charge on any atom is 0.238 e. The van der Waals surface area contributed by atoms with E-state index in [-0.39, 0.29) is 18.3 Å². The van der Waals surface area contributed by atoms with Gasteiger partial charge in [0.15, 0.2) is 0 Å². The highest BCUT2D eigenvalue weighted by atomic mass is 79.9. The average Bonchev–Trinajstić information content (AvgIpc) is 2.41. The number of carbonyl (C=O) groups is 1. The van der Waals surface area contributed by atoms with E-state index >= 15 is 0 Å². The van der Waals surface area contributed by atoms with Crippen LogP contribution in [0.3, 0.4) is 0 Å². The SMILES string of the molecule is O=C(CNCc1cccc(Br)c1)Nc1ccc(F)cc1. The first-order chi connectivity index (χ1) is 9.63. The number of rotatable bonds is 5. The summed E-state index contributed by atoms with van der Waals surface area (Å²) >= 11 is 3.40.